The summed E-state index contributed by atoms with van der Waals surface area (Å²) in [7, 11) is 0. The fourth-order valence-electron chi connectivity index (χ4n) is 1.61. The summed E-state index contributed by atoms with van der Waals surface area (Å²) in [6.07, 6.45) is 0.741. The maximum Gasteiger partial charge on any atom is 0.327 e. The lowest BCUT2D eigenvalue weighted by Crippen LogP contribution is -2.50. The largest absolute Gasteiger partial charge is 0.480 e. The first-order chi connectivity index (χ1) is 7.61. The van der Waals surface area contributed by atoms with Gasteiger partial charge in [-0.1, -0.05) is 6.92 Å². The van der Waals surface area contributed by atoms with Gasteiger partial charge in [-0.3, -0.25) is 4.90 Å². The lowest BCUT2D eigenvalue weighted by molar-refractivity contribution is -0.141. The Balaban J connectivity index is 2.69. The summed E-state index contributed by atoms with van der Waals surface area (Å²) < 4.78 is 0. The Morgan fingerprint density at radius 2 is 2.31 bits per heavy atom. The van der Waals surface area contributed by atoms with Gasteiger partial charge < -0.3 is 16.2 Å². The smallest absolute Gasteiger partial charge is 0.327 e. The van der Waals surface area contributed by atoms with Crippen LogP contribution in [0.4, 0.5) is 4.79 Å². The Bertz CT molecular complexity index is 275. The van der Waals surface area contributed by atoms with Crippen molar-refractivity contribution in [2.45, 2.75) is 24.8 Å². The van der Waals surface area contributed by atoms with E-state index in [4.69, 9.17) is 10.8 Å². The molecule has 0 bridgehead atoms. The lowest BCUT2D eigenvalue weighted by Gasteiger charge is -2.26. The number of carbonyl (C=O) groups is 2. The molecule has 6 nitrogen and oxygen atoms in total. The molecule has 0 aromatic rings. The second-order valence-electron chi connectivity index (χ2n) is 3.48. The summed E-state index contributed by atoms with van der Waals surface area (Å²) in [4.78, 5) is 24.2. The topological polar surface area (TPSA) is 95.7 Å². The molecule has 2 unspecified atom stereocenters. The molecule has 2 atom stereocenters. The Hall–Kier alpha value is -0.950. The monoisotopic (exact) mass is 247 g/mol. The summed E-state index contributed by atoms with van der Waals surface area (Å²) >= 11 is 1.50. The molecule has 0 radical (unpaired) electrons. The second kappa shape index (κ2) is 5.95. The zero-order chi connectivity index (χ0) is 12.1. The first-order valence-corrected chi connectivity index (χ1v) is 6.27. The second-order valence-corrected chi connectivity index (χ2v) is 4.69. The number of hydrogen-bond donors (Lipinski definition) is 3. The molecule has 1 aliphatic rings. The number of aliphatic carboxylic acids is 1. The van der Waals surface area contributed by atoms with E-state index in [-0.39, 0.29) is 11.4 Å². The third kappa shape index (κ3) is 2.79. The molecule has 1 fully saturated rings. The van der Waals surface area contributed by atoms with Crippen molar-refractivity contribution in [2.75, 3.05) is 18.8 Å². The minimum atomic E-state index is -0.952. The van der Waals surface area contributed by atoms with Gasteiger partial charge in [0.2, 0.25) is 0 Å². The van der Waals surface area contributed by atoms with E-state index < -0.39 is 12.0 Å². The number of carboxylic acids is 1. The molecular formula is C9H17N3O3S. The molecule has 0 aromatic heterocycles. The Kier molecular flexibility index (Phi) is 4.88. The number of thioether (sulfide) groups is 1. The first-order valence-electron chi connectivity index (χ1n) is 5.22. The molecule has 92 valence electrons. The summed E-state index contributed by atoms with van der Waals surface area (Å²) in [5, 5.41) is 11.6. The van der Waals surface area contributed by atoms with Gasteiger partial charge in [0.15, 0.2) is 0 Å². The molecule has 16 heavy (non-hydrogen) atoms. The number of nitrogens with zero attached hydrogens (tertiary/aromatic N) is 1. The van der Waals surface area contributed by atoms with E-state index >= 15 is 0 Å². The summed E-state index contributed by atoms with van der Waals surface area (Å²) in [6, 6.07) is -1.07. The van der Waals surface area contributed by atoms with Crippen molar-refractivity contribution in [3.63, 3.8) is 0 Å². The number of nitrogens with two attached hydrogens (primary N) is 1. The molecule has 4 N–H and O–H groups in total. The molecule has 7 heteroatoms. The number of hydrogen-bond acceptors (Lipinski definition) is 4. The number of amides is 2. The van der Waals surface area contributed by atoms with E-state index in [1.807, 2.05) is 6.92 Å². The molecule has 1 aliphatic heterocycles. The van der Waals surface area contributed by atoms with Crippen molar-refractivity contribution in [1.82, 2.24) is 10.2 Å². The van der Waals surface area contributed by atoms with Crippen LogP contribution in [-0.2, 0) is 4.79 Å². The maximum absolute atomic E-state index is 11.8. The highest BCUT2D eigenvalue weighted by molar-refractivity contribution is 8.00. The zero-order valence-corrected chi connectivity index (χ0v) is 10.00. The normalized spacial score (nSPS) is 24.5. The van der Waals surface area contributed by atoms with E-state index in [2.05, 4.69) is 5.32 Å². The first kappa shape index (κ1) is 13.1. The van der Waals surface area contributed by atoms with Gasteiger partial charge in [-0.2, -0.15) is 0 Å². The van der Waals surface area contributed by atoms with Crippen LogP contribution < -0.4 is 11.1 Å². The predicted molar refractivity (Wildman–Crippen MR) is 62.3 cm³/mol. The molecule has 1 saturated heterocycles. The zero-order valence-electron chi connectivity index (χ0n) is 9.18. The standard InChI is InChI=1S/C9H17N3O3S/c1-2-7-12(9(15)11-4-3-10)6(5-16-7)8(13)14/h6-7H,2-5,10H2,1H3,(H,11,15)(H,13,14). The third-order valence-electron chi connectivity index (χ3n) is 2.38. The van der Waals surface area contributed by atoms with Crippen molar-refractivity contribution >= 4 is 23.8 Å². The van der Waals surface area contributed by atoms with Crippen LogP contribution in [0.5, 0.6) is 0 Å². The molecule has 2 amide bonds. The number of urea groups is 1. The molecule has 0 spiro atoms. The van der Waals surface area contributed by atoms with Gasteiger partial charge in [-0.05, 0) is 6.42 Å². The maximum atomic E-state index is 11.8. The van der Waals surface area contributed by atoms with Crippen LogP contribution in [0.15, 0.2) is 0 Å². The Morgan fingerprint density at radius 3 is 2.81 bits per heavy atom. The number of nitrogens with one attached hydrogen (secondary N) is 1. The summed E-state index contributed by atoms with van der Waals surface area (Å²) in [5.74, 6) is -0.504. The van der Waals surface area contributed by atoms with Gasteiger partial charge in [0.25, 0.3) is 0 Å². The van der Waals surface area contributed by atoms with Gasteiger partial charge in [0, 0.05) is 18.8 Å². The highest BCUT2D eigenvalue weighted by Gasteiger charge is 2.40. The third-order valence-corrected chi connectivity index (χ3v) is 3.84. The minimum Gasteiger partial charge on any atom is -0.480 e. The van der Waals surface area contributed by atoms with Crippen LogP contribution in [0.3, 0.4) is 0 Å². The fraction of sp³-hybridized carbons (Fsp3) is 0.778. The Morgan fingerprint density at radius 1 is 1.62 bits per heavy atom. The number of rotatable bonds is 4. The van der Waals surface area contributed by atoms with Gasteiger partial charge >= 0.3 is 12.0 Å². The summed E-state index contributed by atoms with van der Waals surface area (Å²) in [5.41, 5.74) is 5.28. The van der Waals surface area contributed by atoms with Crippen molar-refractivity contribution in [1.29, 1.82) is 0 Å². The van der Waals surface area contributed by atoms with E-state index in [0.29, 0.717) is 18.8 Å². The molecule has 1 rings (SSSR count). The van der Waals surface area contributed by atoms with Gasteiger partial charge in [-0.15, -0.1) is 11.8 Å². The molecule has 0 aromatic carbocycles. The number of carboxylic acid groups (broad SMARTS) is 1. The van der Waals surface area contributed by atoms with Crippen molar-refractivity contribution < 1.29 is 14.7 Å². The van der Waals surface area contributed by atoms with Crippen molar-refractivity contribution in [3.8, 4) is 0 Å². The summed E-state index contributed by atoms with van der Waals surface area (Å²) in [6.45, 7) is 2.65. The number of carbonyl (C=O) groups excluding carboxylic acids is 1. The van der Waals surface area contributed by atoms with E-state index in [0.717, 1.165) is 6.42 Å². The van der Waals surface area contributed by atoms with Crippen LogP contribution >= 0.6 is 11.8 Å². The van der Waals surface area contributed by atoms with Crippen LogP contribution in [0.1, 0.15) is 13.3 Å². The average Bonchev–Trinajstić information content (AvgIpc) is 2.69. The SMILES string of the molecule is CCC1SCC(C(=O)O)N1C(=O)NCCN. The van der Waals surface area contributed by atoms with Crippen LogP contribution in [0, 0.1) is 0 Å². The highest BCUT2D eigenvalue weighted by Crippen LogP contribution is 2.31. The van der Waals surface area contributed by atoms with Crippen molar-refractivity contribution in [2.24, 2.45) is 5.73 Å². The van der Waals surface area contributed by atoms with Crippen LogP contribution in [0.25, 0.3) is 0 Å². The quantitative estimate of drug-likeness (QED) is 0.644. The highest BCUT2D eigenvalue weighted by atomic mass is 32.2. The van der Waals surface area contributed by atoms with Gasteiger partial charge in [0.1, 0.15) is 6.04 Å². The fourth-order valence-corrected chi connectivity index (χ4v) is 2.96. The Labute approximate surface area is 98.5 Å². The van der Waals surface area contributed by atoms with E-state index in [9.17, 15) is 9.59 Å². The molecular weight excluding hydrogens is 230 g/mol. The van der Waals surface area contributed by atoms with E-state index in [1.165, 1.54) is 16.7 Å². The average molecular weight is 247 g/mol. The minimum absolute atomic E-state index is 0.0566. The molecule has 0 aliphatic carbocycles. The van der Waals surface area contributed by atoms with Gasteiger partial charge in [-0.25, -0.2) is 9.59 Å². The van der Waals surface area contributed by atoms with Crippen LogP contribution in [0.2, 0.25) is 0 Å². The van der Waals surface area contributed by atoms with Crippen molar-refractivity contribution in [3.05, 3.63) is 0 Å². The van der Waals surface area contributed by atoms with E-state index in [1.54, 1.807) is 0 Å². The van der Waals surface area contributed by atoms with Gasteiger partial charge in [0.05, 0.1) is 5.37 Å². The predicted octanol–water partition coefficient (Wildman–Crippen LogP) is -0.107. The lowest BCUT2D eigenvalue weighted by atomic mass is 10.3. The van der Waals surface area contributed by atoms with Crippen LogP contribution in [-0.4, -0.2) is 52.3 Å². The molecule has 1 heterocycles. The molecule has 0 saturated carbocycles.